The molecule has 1 heterocycles. The van der Waals surface area contributed by atoms with Crippen molar-refractivity contribution in [3.05, 3.63) is 45.8 Å². The first kappa shape index (κ1) is 14.7. The summed E-state index contributed by atoms with van der Waals surface area (Å²) in [4.78, 5) is 12.1. The van der Waals surface area contributed by atoms with Gasteiger partial charge in [0.15, 0.2) is 0 Å². The van der Waals surface area contributed by atoms with Gasteiger partial charge in [-0.3, -0.25) is 10.1 Å². The molecule has 0 fully saturated rings. The minimum absolute atomic E-state index is 0.164. The third-order valence-corrected chi connectivity index (χ3v) is 3.35. The summed E-state index contributed by atoms with van der Waals surface area (Å²) in [7, 11) is 0. The van der Waals surface area contributed by atoms with Crippen molar-refractivity contribution in [3.8, 4) is 0 Å². The van der Waals surface area contributed by atoms with E-state index in [1.165, 1.54) is 18.2 Å². The van der Waals surface area contributed by atoms with Crippen LogP contribution in [0, 0.1) is 5.82 Å². The molecule has 2 aromatic rings. The van der Waals surface area contributed by atoms with Gasteiger partial charge in [-0.15, -0.1) is 0 Å². The van der Waals surface area contributed by atoms with Gasteiger partial charge in [0.1, 0.15) is 5.82 Å². The molecule has 1 aromatic heterocycles. The number of rotatable bonds is 2. The van der Waals surface area contributed by atoms with Crippen molar-refractivity contribution in [1.29, 1.82) is 0 Å². The number of hydrogen-bond acceptors (Lipinski definition) is 3. The Bertz CT molecular complexity index is 647. The minimum Gasteiger partial charge on any atom is -0.338 e. The van der Waals surface area contributed by atoms with Crippen LogP contribution in [0.3, 0.4) is 0 Å². The SMILES string of the molecule is CC(C)(C)c1cc(NC(=O)c2ccc(F)cc2Br)on1. The quantitative estimate of drug-likeness (QED) is 0.894. The second kappa shape index (κ2) is 5.36. The van der Waals surface area contributed by atoms with Crippen LogP contribution >= 0.6 is 15.9 Å². The molecule has 1 N–H and O–H groups in total. The lowest BCUT2D eigenvalue weighted by atomic mass is 9.92. The highest BCUT2D eigenvalue weighted by Crippen LogP contribution is 2.25. The summed E-state index contributed by atoms with van der Waals surface area (Å²) in [5.41, 5.74) is 0.897. The smallest absolute Gasteiger partial charge is 0.259 e. The predicted octanol–water partition coefficient (Wildman–Crippen LogP) is 4.13. The van der Waals surface area contributed by atoms with Gasteiger partial charge in [0.25, 0.3) is 5.91 Å². The molecule has 0 radical (unpaired) electrons. The Morgan fingerprint density at radius 1 is 1.35 bits per heavy atom. The Morgan fingerprint density at radius 2 is 2.05 bits per heavy atom. The van der Waals surface area contributed by atoms with Crippen molar-refractivity contribution in [2.75, 3.05) is 5.32 Å². The maximum absolute atomic E-state index is 13.0. The number of nitrogens with zero attached hydrogens (tertiary/aromatic N) is 1. The second-order valence-corrected chi connectivity index (χ2v) is 6.26. The lowest BCUT2D eigenvalue weighted by Crippen LogP contribution is -2.13. The van der Waals surface area contributed by atoms with Gasteiger partial charge in [0, 0.05) is 16.0 Å². The van der Waals surface area contributed by atoms with Crippen LogP contribution < -0.4 is 5.32 Å². The zero-order valence-electron chi connectivity index (χ0n) is 11.3. The Morgan fingerprint density at radius 3 is 2.60 bits per heavy atom. The molecule has 0 spiro atoms. The molecular formula is C14H14BrFN2O2. The lowest BCUT2D eigenvalue weighted by molar-refractivity contribution is 0.102. The summed E-state index contributed by atoms with van der Waals surface area (Å²) >= 11 is 3.15. The molecule has 0 unspecified atom stereocenters. The lowest BCUT2D eigenvalue weighted by Gasteiger charge is -2.12. The molecule has 0 saturated heterocycles. The fourth-order valence-electron chi connectivity index (χ4n) is 1.54. The summed E-state index contributed by atoms with van der Waals surface area (Å²) in [6.45, 7) is 5.98. The number of nitrogens with one attached hydrogen (secondary N) is 1. The molecule has 0 aliphatic carbocycles. The Labute approximate surface area is 124 Å². The number of halogens is 2. The topological polar surface area (TPSA) is 55.1 Å². The minimum atomic E-state index is -0.414. The molecule has 2 rings (SSSR count). The Kier molecular flexibility index (Phi) is 3.94. The van der Waals surface area contributed by atoms with E-state index in [1.54, 1.807) is 6.07 Å². The summed E-state index contributed by atoms with van der Waals surface area (Å²) < 4.78 is 18.4. The molecule has 0 saturated carbocycles. The van der Waals surface area contributed by atoms with Crippen molar-refractivity contribution in [3.63, 3.8) is 0 Å². The van der Waals surface area contributed by atoms with Crippen LogP contribution in [-0.4, -0.2) is 11.1 Å². The summed E-state index contributed by atoms with van der Waals surface area (Å²) in [6, 6.07) is 5.53. The van der Waals surface area contributed by atoms with Crippen molar-refractivity contribution in [2.24, 2.45) is 0 Å². The van der Waals surface area contributed by atoms with E-state index >= 15 is 0 Å². The fraction of sp³-hybridized carbons (Fsp3) is 0.286. The number of benzene rings is 1. The monoisotopic (exact) mass is 340 g/mol. The van der Waals surface area contributed by atoms with Crippen molar-refractivity contribution in [2.45, 2.75) is 26.2 Å². The number of hydrogen-bond donors (Lipinski definition) is 1. The van der Waals surface area contributed by atoms with Gasteiger partial charge in [-0.25, -0.2) is 4.39 Å². The molecular weight excluding hydrogens is 327 g/mol. The number of carbonyl (C=O) groups excluding carboxylic acids is 1. The van der Waals surface area contributed by atoms with Gasteiger partial charge < -0.3 is 4.52 Å². The van der Waals surface area contributed by atoms with Crippen LogP contribution in [0.2, 0.25) is 0 Å². The van der Waals surface area contributed by atoms with Crippen LogP contribution in [0.15, 0.2) is 33.3 Å². The van der Waals surface area contributed by atoms with Crippen molar-refractivity contribution >= 4 is 27.7 Å². The van der Waals surface area contributed by atoms with E-state index in [2.05, 4.69) is 26.4 Å². The first-order valence-electron chi connectivity index (χ1n) is 6.01. The fourth-order valence-corrected chi connectivity index (χ4v) is 2.07. The highest BCUT2D eigenvalue weighted by Gasteiger charge is 2.20. The van der Waals surface area contributed by atoms with Gasteiger partial charge in [0.05, 0.1) is 11.3 Å². The number of anilines is 1. The van der Waals surface area contributed by atoms with E-state index in [-0.39, 0.29) is 11.3 Å². The normalized spacial score (nSPS) is 11.4. The van der Waals surface area contributed by atoms with Crippen LogP contribution in [-0.2, 0) is 5.41 Å². The molecule has 106 valence electrons. The summed E-state index contributed by atoms with van der Waals surface area (Å²) in [5, 5.41) is 6.50. The molecule has 0 aliphatic rings. The zero-order valence-corrected chi connectivity index (χ0v) is 12.9. The maximum atomic E-state index is 13.0. The molecule has 4 nitrogen and oxygen atoms in total. The van der Waals surface area contributed by atoms with E-state index in [9.17, 15) is 9.18 Å². The molecule has 0 aliphatic heterocycles. The first-order chi connectivity index (χ1) is 9.27. The van der Waals surface area contributed by atoms with E-state index in [0.717, 1.165) is 5.69 Å². The van der Waals surface area contributed by atoms with Crippen LogP contribution in [0.25, 0.3) is 0 Å². The molecule has 1 amide bonds. The molecule has 1 aromatic carbocycles. The first-order valence-corrected chi connectivity index (χ1v) is 6.80. The highest BCUT2D eigenvalue weighted by atomic mass is 79.9. The second-order valence-electron chi connectivity index (χ2n) is 5.40. The van der Waals surface area contributed by atoms with E-state index < -0.39 is 11.7 Å². The third kappa shape index (κ3) is 3.25. The largest absolute Gasteiger partial charge is 0.338 e. The van der Waals surface area contributed by atoms with Gasteiger partial charge in [0.2, 0.25) is 5.88 Å². The van der Waals surface area contributed by atoms with Gasteiger partial charge in [-0.05, 0) is 34.1 Å². The van der Waals surface area contributed by atoms with E-state index in [4.69, 9.17) is 4.52 Å². The highest BCUT2D eigenvalue weighted by molar-refractivity contribution is 9.10. The van der Waals surface area contributed by atoms with Crippen LogP contribution in [0.5, 0.6) is 0 Å². The average Bonchev–Trinajstić information content (AvgIpc) is 2.76. The van der Waals surface area contributed by atoms with Crippen molar-refractivity contribution in [1.82, 2.24) is 5.16 Å². The zero-order chi connectivity index (χ0) is 14.9. The molecule has 6 heteroatoms. The standard InChI is InChI=1S/C14H14BrFN2O2/c1-14(2,3)11-7-12(20-18-11)17-13(19)9-5-4-8(16)6-10(9)15/h4-7H,1-3H3,(H,17,19). The Hall–Kier alpha value is -1.69. The van der Waals surface area contributed by atoms with Crippen molar-refractivity contribution < 1.29 is 13.7 Å². The molecule has 0 atom stereocenters. The Balaban J connectivity index is 2.17. The molecule has 20 heavy (non-hydrogen) atoms. The summed E-state index contributed by atoms with van der Waals surface area (Å²) in [5.74, 6) is -0.548. The van der Waals surface area contributed by atoms with Gasteiger partial charge in [-0.1, -0.05) is 25.9 Å². The van der Waals surface area contributed by atoms with Crippen LogP contribution in [0.1, 0.15) is 36.8 Å². The summed E-state index contributed by atoms with van der Waals surface area (Å²) in [6.07, 6.45) is 0. The number of amides is 1. The van der Waals surface area contributed by atoms with Crippen LogP contribution in [0.4, 0.5) is 10.3 Å². The molecule has 0 bridgehead atoms. The number of aromatic nitrogens is 1. The average molecular weight is 341 g/mol. The maximum Gasteiger partial charge on any atom is 0.259 e. The van der Waals surface area contributed by atoms with E-state index in [1.807, 2.05) is 20.8 Å². The van der Waals surface area contributed by atoms with Gasteiger partial charge >= 0.3 is 0 Å². The predicted molar refractivity (Wildman–Crippen MR) is 77.3 cm³/mol. The number of carbonyl (C=O) groups is 1. The third-order valence-electron chi connectivity index (χ3n) is 2.69. The van der Waals surface area contributed by atoms with Gasteiger partial charge in [-0.2, -0.15) is 0 Å². The van der Waals surface area contributed by atoms with E-state index in [0.29, 0.717) is 10.0 Å².